The van der Waals surface area contributed by atoms with Gasteiger partial charge < -0.3 is 9.84 Å². The molecule has 2 rings (SSSR count). The van der Waals surface area contributed by atoms with Crippen molar-refractivity contribution in [3.05, 3.63) is 23.3 Å². The Balaban J connectivity index is 2.27. The van der Waals surface area contributed by atoms with Gasteiger partial charge in [0.15, 0.2) is 0 Å². The fraction of sp³-hybridized carbons (Fsp3) is 0.688. The molecule has 0 amide bonds. The second kappa shape index (κ2) is 5.49. The number of rotatable bonds is 2. The number of ether oxygens (including phenoxy) is 1. The predicted molar refractivity (Wildman–Crippen MR) is 74.6 cm³/mol. The van der Waals surface area contributed by atoms with Crippen molar-refractivity contribution in [2.75, 3.05) is 13.7 Å². The van der Waals surface area contributed by atoms with Gasteiger partial charge in [-0.15, -0.1) is 0 Å². The van der Waals surface area contributed by atoms with Crippen molar-refractivity contribution in [3.63, 3.8) is 0 Å². The highest BCUT2D eigenvalue weighted by atomic mass is 16.5. The maximum absolute atomic E-state index is 11.7. The Kier molecular flexibility index (Phi) is 4.14. The molecule has 0 radical (unpaired) electrons. The van der Waals surface area contributed by atoms with Gasteiger partial charge in [0, 0.05) is 0 Å². The summed E-state index contributed by atoms with van der Waals surface area (Å²) in [5.74, 6) is 0.0683. The summed E-state index contributed by atoms with van der Waals surface area (Å²) in [4.78, 5) is 11.7. The van der Waals surface area contributed by atoms with Gasteiger partial charge in [-0.25, -0.2) is 4.79 Å². The quantitative estimate of drug-likeness (QED) is 0.474. The summed E-state index contributed by atoms with van der Waals surface area (Å²) >= 11 is 0. The van der Waals surface area contributed by atoms with Crippen LogP contribution in [0.2, 0.25) is 0 Å². The molecule has 0 bridgehead atoms. The number of allylic oxidation sites excluding steroid dienone is 2. The van der Waals surface area contributed by atoms with E-state index in [4.69, 9.17) is 4.74 Å². The van der Waals surface area contributed by atoms with Gasteiger partial charge in [0.1, 0.15) is 0 Å². The molecule has 3 heteroatoms. The Labute approximate surface area is 115 Å². The van der Waals surface area contributed by atoms with Crippen LogP contribution in [0.4, 0.5) is 0 Å². The maximum Gasteiger partial charge on any atom is 0.336 e. The number of hydrogen-bond donors (Lipinski definition) is 1. The summed E-state index contributed by atoms with van der Waals surface area (Å²) in [6, 6.07) is 0. The second-order valence-corrected chi connectivity index (χ2v) is 6.15. The van der Waals surface area contributed by atoms with Crippen molar-refractivity contribution < 1.29 is 14.6 Å². The second-order valence-electron chi connectivity index (χ2n) is 6.15. The van der Waals surface area contributed by atoms with Crippen molar-refractivity contribution in [1.29, 1.82) is 0 Å². The molecule has 2 unspecified atom stereocenters. The minimum atomic E-state index is -0.387. The number of aliphatic hydroxyl groups excluding tert-OH is 1. The minimum absolute atomic E-state index is 0.224. The third-order valence-corrected chi connectivity index (χ3v) is 5.04. The Morgan fingerprint density at radius 3 is 2.84 bits per heavy atom. The third-order valence-electron chi connectivity index (χ3n) is 5.04. The van der Waals surface area contributed by atoms with E-state index in [1.165, 1.54) is 25.5 Å². The molecule has 0 heterocycles. The zero-order chi connectivity index (χ0) is 14.0. The van der Waals surface area contributed by atoms with Crippen LogP contribution < -0.4 is 0 Å². The molecule has 2 aliphatic carbocycles. The molecule has 2 aliphatic rings. The molecular weight excluding hydrogens is 240 g/mol. The van der Waals surface area contributed by atoms with Crippen LogP contribution >= 0.6 is 0 Å². The fourth-order valence-electron chi connectivity index (χ4n) is 3.75. The molecule has 1 N–H and O–H groups in total. The number of fused-ring (bicyclic) bond motifs is 1. The van der Waals surface area contributed by atoms with E-state index in [1.807, 2.05) is 0 Å². The number of esters is 1. The molecule has 0 aromatic carbocycles. The van der Waals surface area contributed by atoms with Gasteiger partial charge in [-0.1, -0.05) is 24.6 Å². The van der Waals surface area contributed by atoms with Gasteiger partial charge in [0.05, 0.1) is 19.3 Å². The largest absolute Gasteiger partial charge is 0.466 e. The van der Waals surface area contributed by atoms with Crippen LogP contribution in [0, 0.1) is 11.3 Å². The number of carbonyl (C=O) groups is 1. The lowest BCUT2D eigenvalue weighted by molar-refractivity contribution is -0.136. The van der Waals surface area contributed by atoms with Crippen LogP contribution in [0.15, 0.2) is 23.3 Å². The molecule has 19 heavy (non-hydrogen) atoms. The maximum atomic E-state index is 11.7. The molecule has 2 fully saturated rings. The highest BCUT2D eigenvalue weighted by molar-refractivity contribution is 5.89. The summed E-state index contributed by atoms with van der Waals surface area (Å²) in [6.45, 7) is 6.35. The van der Waals surface area contributed by atoms with Crippen LogP contribution in [-0.2, 0) is 9.53 Å². The Bertz CT molecular complexity index is 422. The van der Waals surface area contributed by atoms with E-state index in [9.17, 15) is 9.90 Å². The van der Waals surface area contributed by atoms with Crippen molar-refractivity contribution in [2.45, 2.75) is 45.4 Å². The number of methoxy groups -OCH3 is 1. The van der Waals surface area contributed by atoms with Crippen LogP contribution in [-0.4, -0.2) is 24.8 Å². The van der Waals surface area contributed by atoms with Crippen molar-refractivity contribution in [2.24, 2.45) is 11.3 Å². The Morgan fingerprint density at radius 2 is 2.21 bits per heavy atom. The van der Waals surface area contributed by atoms with Gasteiger partial charge in [-0.2, -0.15) is 0 Å². The van der Waals surface area contributed by atoms with E-state index >= 15 is 0 Å². The van der Waals surface area contributed by atoms with Crippen LogP contribution in [0.5, 0.6) is 0 Å². The van der Waals surface area contributed by atoms with E-state index in [0.717, 1.165) is 31.3 Å². The SMILES string of the molecule is C=C1CCCC2(C)CCC(=C(CO)C(=O)OC)CC12. The van der Waals surface area contributed by atoms with E-state index in [1.54, 1.807) is 0 Å². The van der Waals surface area contributed by atoms with Crippen molar-refractivity contribution >= 4 is 5.97 Å². The van der Waals surface area contributed by atoms with Gasteiger partial charge in [-0.3, -0.25) is 0 Å². The third kappa shape index (κ3) is 2.62. The first-order valence-corrected chi connectivity index (χ1v) is 7.09. The van der Waals surface area contributed by atoms with E-state index in [2.05, 4.69) is 13.5 Å². The summed E-state index contributed by atoms with van der Waals surface area (Å²) in [5.41, 5.74) is 3.17. The molecule has 2 atom stereocenters. The standard InChI is InChI=1S/C16H24O3/c1-11-5-4-7-16(2)8-6-12(9-14(11)16)13(10-17)15(18)19-3/h14,17H,1,4-10H2,2-3H3. The molecule has 106 valence electrons. The first-order valence-electron chi connectivity index (χ1n) is 7.09. The molecule has 0 aliphatic heterocycles. The van der Waals surface area contributed by atoms with E-state index in [0.29, 0.717) is 16.9 Å². The molecule has 0 aromatic rings. The van der Waals surface area contributed by atoms with Gasteiger partial charge in [0.2, 0.25) is 0 Å². The van der Waals surface area contributed by atoms with Gasteiger partial charge in [-0.05, 0) is 49.9 Å². The average Bonchev–Trinajstić information content (AvgIpc) is 2.40. The summed E-state index contributed by atoms with van der Waals surface area (Å²) in [5, 5.41) is 9.42. The molecule has 0 spiro atoms. The summed E-state index contributed by atoms with van der Waals surface area (Å²) in [7, 11) is 1.37. The molecule has 0 saturated heterocycles. The average molecular weight is 264 g/mol. The zero-order valence-corrected chi connectivity index (χ0v) is 12.0. The highest BCUT2D eigenvalue weighted by Crippen LogP contribution is 2.53. The number of aliphatic hydroxyl groups is 1. The zero-order valence-electron chi connectivity index (χ0n) is 12.0. The lowest BCUT2D eigenvalue weighted by Crippen LogP contribution is -2.36. The lowest BCUT2D eigenvalue weighted by atomic mass is 9.58. The van der Waals surface area contributed by atoms with Crippen molar-refractivity contribution in [3.8, 4) is 0 Å². The monoisotopic (exact) mass is 264 g/mol. The molecular formula is C16H24O3. The lowest BCUT2D eigenvalue weighted by Gasteiger charge is -2.47. The van der Waals surface area contributed by atoms with Gasteiger partial charge >= 0.3 is 5.97 Å². The Morgan fingerprint density at radius 1 is 1.47 bits per heavy atom. The normalized spacial score (nSPS) is 33.6. The highest BCUT2D eigenvalue weighted by Gasteiger charge is 2.42. The van der Waals surface area contributed by atoms with E-state index < -0.39 is 0 Å². The predicted octanol–water partition coefficient (Wildman–Crippen LogP) is 2.99. The topological polar surface area (TPSA) is 46.5 Å². The minimum Gasteiger partial charge on any atom is -0.466 e. The Hall–Kier alpha value is -1.09. The first kappa shape index (κ1) is 14.3. The van der Waals surface area contributed by atoms with Gasteiger partial charge in [0.25, 0.3) is 0 Å². The molecule has 3 nitrogen and oxygen atoms in total. The smallest absolute Gasteiger partial charge is 0.336 e. The first-order chi connectivity index (χ1) is 9.01. The summed E-state index contributed by atoms with van der Waals surface area (Å²) in [6.07, 6.45) is 6.41. The van der Waals surface area contributed by atoms with Crippen LogP contribution in [0.25, 0.3) is 0 Å². The number of hydrogen-bond acceptors (Lipinski definition) is 3. The summed E-state index contributed by atoms with van der Waals surface area (Å²) < 4.78 is 4.77. The molecule has 0 aromatic heterocycles. The molecule has 2 saturated carbocycles. The number of carbonyl (C=O) groups excluding carboxylic acids is 1. The fourth-order valence-corrected chi connectivity index (χ4v) is 3.75. The van der Waals surface area contributed by atoms with E-state index in [-0.39, 0.29) is 12.6 Å². The van der Waals surface area contributed by atoms with Crippen molar-refractivity contribution in [1.82, 2.24) is 0 Å². The van der Waals surface area contributed by atoms with Crippen LogP contribution in [0.3, 0.4) is 0 Å². The van der Waals surface area contributed by atoms with Crippen LogP contribution in [0.1, 0.15) is 45.4 Å².